The van der Waals surface area contributed by atoms with Gasteiger partial charge in [-0.25, -0.2) is 0 Å². The number of likely N-dealkylation sites (tertiary alicyclic amines) is 1. The lowest BCUT2D eigenvalue weighted by molar-refractivity contribution is 0.0690. The zero-order valence-electron chi connectivity index (χ0n) is 11.9. The van der Waals surface area contributed by atoms with Crippen LogP contribution >= 0.6 is 11.6 Å². The van der Waals surface area contributed by atoms with Gasteiger partial charge in [-0.2, -0.15) is 5.10 Å². The minimum atomic E-state index is -0.508. The zero-order valence-corrected chi connectivity index (χ0v) is 12.7. The molecule has 0 atom stereocenters. The Bertz CT molecular complexity index is 461. The Morgan fingerprint density at radius 1 is 1.42 bits per heavy atom. The minimum Gasteiger partial charge on any atom is -0.291 e. The molecule has 2 heterocycles. The van der Waals surface area contributed by atoms with Crippen molar-refractivity contribution in [3.8, 4) is 0 Å². The van der Waals surface area contributed by atoms with Crippen LogP contribution in [0.2, 0.25) is 5.02 Å². The van der Waals surface area contributed by atoms with E-state index in [4.69, 9.17) is 11.6 Å². The van der Waals surface area contributed by atoms with Gasteiger partial charge in [0.25, 0.3) is 0 Å². The molecule has 106 valence electrons. The van der Waals surface area contributed by atoms with Gasteiger partial charge in [-0.1, -0.05) is 18.5 Å². The van der Waals surface area contributed by atoms with Crippen molar-refractivity contribution in [3.05, 3.63) is 16.9 Å². The molecule has 1 saturated heterocycles. The Morgan fingerprint density at radius 3 is 2.63 bits per heavy atom. The van der Waals surface area contributed by atoms with Crippen molar-refractivity contribution >= 4 is 17.4 Å². The van der Waals surface area contributed by atoms with Crippen LogP contribution in [0.25, 0.3) is 0 Å². The lowest BCUT2D eigenvalue weighted by Gasteiger charge is -2.33. The molecule has 0 unspecified atom stereocenters. The fourth-order valence-corrected chi connectivity index (χ4v) is 2.91. The average Bonchev–Trinajstić information content (AvgIpc) is 2.99. The summed E-state index contributed by atoms with van der Waals surface area (Å²) < 4.78 is 1.74. The van der Waals surface area contributed by atoms with Crippen molar-refractivity contribution in [3.63, 3.8) is 0 Å². The highest BCUT2D eigenvalue weighted by Crippen LogP contribution is 2.28. The van der Waals surface area contributed by atoms with Crippen LogP contribution in [0.4, 0.5) is 0 Å². The molecule has 4 nitrogen and oxygen atoms in total. The van der Waals surface area contributed by atoms with Gasteiger partial charge < -0.3 is 0 Å². The molecule has 5 heteroatoms. The van der Waals surface area contributed by atoms with Crippen molar-refractivity contribution in [1.82, 2.24) is 14.7 Å². The normalized spacial score (nSPS) is 17.1. The number of halogens is 1. The van der Waals surface area contributed by atoms with Gasteiger partial charge in [0.1, 0.15) is 5.69 Å². The van der Waals surface area contributed by atoms with E-state index >= 15 is 0 Å². The number of carbonyl (C=O) groups is 1. The second-order valence-corrected chi connectivity index (χ2v) is 6.05. The number of hydrogen-bond donors (Lipinski definition) is 0. The van der Waals surface area contributed by atoms with Crippen LogP contribution in [0.5, 0.6) is 0 Å². The Hall–Kier alpha value is -0.870. The highest BCUT2D eigenvalue weighted by Gasteiger charge is 2.39. The van der Waals surface area contributed by atoms with Crippen LogP contribution in [0.15, 0.2) is 6.20 Å². The molecule has 0 radical (unpaired) electrons. The summed E-state index contributed by atoms with van der Waals surface area (Å²) in [6.07, 6.45) is 4.84. The number of rotatable bonds is 5. The highest BCUT2D eigenvalue weighted by atomic mass is 35.5. The number of ketones is 1. The molecule has 1 aromatic rings. The Kier molecular flexibility index (Phi) is 4.31. The minimum absolute atomic E-state index is 0.0744. The Balaban J connectivity index is 2.30. The number of Topliss-reactive ketones (excluding diaryl/α,β-unsaturated/α-hetero) is 1. The number of hydrogen-bond acceptors (Lipinski definition) is 3. The fourth-order valence-electron chi connectivity index (χ4n) is 2.68. The van der Waals surface area contributed by atoms with Crippen molar-refractivity contribution in [2.24, 2.45) is 0 Å². The first-order valence-electron chi connectivity index (χ1n) is 6.99. The molecular formula is C14H22ClN3O. The number of aryl methyl sites for hydroxylation is 1. The largest absolute Gasteiger partial charge is 0.291 e. The molecular weight excluding hydrogens is 262 g/mol. The molecule has 19 heavy (non-hydrogen) atoms. The van der Waals surface area contributed by atoms with E-state index in [9.17, 15) is 4.79 Å². The summed E-state index contributed by atoms with van der Waals surface area (Å²) in [5.41, 5.74) is 0.0477. The van der Waals surface area contributed by atoms with E-state index in [1.54, 1.807) is 10.9 Å². The van der Waals surface area contributed by atoms with E-state index in [1.807, 2.05) is 13.8 Å². The summed E-state index contributed by atoms with van der Waals surface area (Å²) in [7, 11) is 0. The SMILES string of the molecule is CCCn1ncc(Cl)c1C(=O)C(C)(C)N1CCCC1. The van der Waals surface area contributed by atoms with Crippen LogP contribution in [0.1, 0.15) is 50.5 Å². The van der Waals surface area contributed by atoms with Crippen LogP contribution in [-0.2, 0) is 6.54 Å². The fraction of sp³-hybridized carbons (Fsp3) is 0.714. The van der Waals surface area contributed by atoms with E-state index in [2.05, 4.69) is 16.9 Å². The molecule has 0 N–H and O–H groups in total. The van der Waals surface area contributed by atoms with Gasteiger partial charge in [-0.3, -0.25) is 14.4 Å². The van der Waals surface area contributed by atoms with Crippen LogP contribution in [0.3, 0.4) is 0 Å². The quantitative estimate of drug-likeness (QED) is 0.780. The third kappa shape index (κ3) is 2.70. The molecule has 1 aliphatic heterocycles. The van der Waals surface area contributed by atoms with E-state index < -0.39 is 5.54 Å². The van der Waals surface area contributed by atoms with Crippen molar-refractivity contribution in [2.45, 2.75) is 52.1 Å². The molecule has 0 spiro atoms. The van der Waals surface area contributed by atoms with E-state index in [0.717, 1.165) is 26.1 Å². The molecule has 0 aromatic carbocycles. The van der Waals surface area contributed by atoms with Crippen molar-refractivity contribution < 1.29 is 4.79 Å². The smallest absolute Gasteiger partial charge is 0.201 e. The highest BCUT2D eigenvalue weighted by molar-refractivity contribution is 6.34. The first kappa shape index (κ1) is 14.5. The monoisotopic (exact) mass is 283 g/mol. The van der Waals surface area contributed by atoms with Gasteiger partial charge in [0, 0.05) is 6.54 Å². The molecule has 1 aliphatic rings. The lowest BCUT2D eigenvalue weighted by Crippen LogP contribution is -2.49. The van der Waals surface area contributed by atoms with Crippen LogP contribution < -0.4 is 0 Å². The number of carbonyl (C=O) groups excluding carboxylic acids is 1. The molecule has 1 fully saturated rings. The van der Waals surface area contributed by atoms with Crippen molar-refractivity contribution in [2.75, 3.05) is 13.1 Å². The molecule has 0 saturated carbocycles. The Morgan fingerprint density at radius 2 is 2.05 bits per heavy atom. The van der Waals surface area contributed by atoms with E-state index in [-0.39, 0.29) is 5.78 Å². The molecule has 0 amide bonds. The second-order valence-electron chi connectivity index (χ2n) is 5.65. The van der Waals surface area contributed by atoms with Crippen LogP contribution in [-0.4, -0.2) is 39.1 Å². The van der Waals surface area contributed by atoms with Crippen LogP contribution in [0, 0.1) is 0 Å². The summed E-state index contributed by atoms with van der Waals surface area (Å²) in [4.78, 5) is 15.1. The summed E-state index contributed by atoms with van der Waals surface area (Å²) in [6.45, 7) is 8.73. The molecule has 0 bridgehead atoms. The third-order valence-corrected chi connectivity index (χ3v) is 4.17. The number of nitrogens with zero attached hydrogens (tertiary/aromatic N) is 3. The van der Waals surface area contributed by atoms with Gasteiger partial charge in [0.05, 0.1) is 16.8 Å². The van der Waals surface area contributed by atoms with Gasteiger partial charge in [0.2, 0.25) is 5.78 Å². The van der Waals surface area contributed by atoms with Gasteiger partial charge in [-0.05, 0) is 46.2 Å². The topological polar surface area (TPSA) is 38.1 Å². The average molecular weight is 284 g/mol. The predicted molar refractivity (Wildman–Crippen MR) is 76.7 cm³/mol. The summed E-state index contributed by atoms with van der Waals surface area (Å²) in [5, 5.41) is 4.68. The maximum Gasteiger partial charge on any atom is 0.201 e. The van der Waals surface area contributed by atoms with Gasteiger partial charge >= 0.3 is 0 Å². The zero-order chi connectivity index (χ0) is 14.0. The number of aromatic nitrogens is 2. The first-order valence-corrected chi connectivity index (χ1v) is 7.37. The van der Waals surface area contributed by atoms with E-state index in [0.29, 0.717) is 10.7 Å². The summed E-state index contributed by atoms with van der Waals surface area (Å²) in [6, 6.07) is 0. The Labute approximate surface area is 119 Å². The van der Waals surface area contributed by atoms with E-state index in [1.165, 1.54) is 12.8 Å². The van der Waals surface area contributed by atoms with Gasteiger partial charge in [-0.15, -0.1) is 0 Å². The standard InChI is InChI=1S/C14H22ClN3O/c1-4-7-18-12(11(15)10-16-18)13(19)14(2,3)17-8-5-6-9-17/h10H,4-9H2,1-3H3. The van der Waals surface area contributed by atoms with Gasteiger partial charge in [0.15, 0.2) is 0 Å². The lowest BCUT2D eigenvalue weighted by atomic mass is 9.94. The molecule has 2 rings (SSSR count). The molecule has 1 aromatic heterocycles. The maximum absolute atomic E-state index is 12.8. The summed E-state index contributed by atoms with van der Waals surface area (Å²) in [5.74, 6) is 0.0744. The van der Waals surface area contributed by atoms with Crippen molar-refractivity contribution in [1.29, 1.82) is 0 Å². The second kappa shape index (κ2) is 5.63. The third-order valence-electron chi connectivity index (χ3n) is 3.90. The first-order chi connectivity index (χ1) is 8.98. The molecule has 0 aliphatic carbocycles. The predicted octanol–water partition coefficient (Wildman–Crippen LogP) is 3.00. The maximum atomic E-state index is 12.8. The summed E-state index contributed by atoms with van der Waals surface area (Å²) >= 11 is 6.17.